The van der Waals surface area contributed by atoms with Crippen molar-refractivity contribution in [2.45, 2.75) is 32.1 Å². The van der Waals surface area contributed by atoms with E-state index in [4.69, 9.17) is 16.3 Å². The fraction of sp³-hybridized carbons (Fsp3) is 0.312. The normalized spacial score (nSPS) is 11.5. The minimum Gasteiger partial charge on any atom is -0.439 e. The molecule has 0 unspecified atom stereocenters. The first-order valence-corrected chi connectivity index (χ1v) is 7.03. The summed E-state index contributed by atoms with van der Waals surface area (Å²) in [5, 5.41) is 0. The lowest BCUT2D eigenvalue weighted by atomic mass is 9.91. The van der Waals surface area contributed by atoms with Crippen LogP contribution >= 0.6 is 11.6 Å². The molecule has 5 heteroatoms. The molecule has 21 heavy (non-hydrogen) atoms. The summed E-state index contributed by atoms with van der Waals surface area (Å²) in [5.74, 6) is -0.766. The predicted molar refractivity (Wildman–Crippen MR) is 78.9 cm³/mol. The standard InChI is InChI=1S/C16H16ClF2NO/c1-16(2,3)14-4-10(9-17)5-15(20-14)21-13-7-11(18)6-12(19)8-13/h4-8H,9H2,1-3H3. The Morgan fingerprint density at radius 3 is 2.19 bits per heavy atom. The van der Waals surface area contributed by atoms with E-state index in [-0.39, 0.29) is 17.0 Å². The monoisotopic (exact) mass is 311 g/mol. The molecule has 2 rings (SSSR count). The van der Waals surface area contributed by atoms with E-state index in [9.17, 15) is 8.78 Å². The fourth-order valence-electron chi connectivity index (χ4n) is 1.78. The Kier molecular flexibility index (Phi) is 4.47. The van der Waals surface area contributed by atoms with Crippen LogP contribution in [-0.2, 0) is 11.3 Å². The van der Waals surface area contributed by atoms with E-state index >= 15 is 0 Å². The maximum absolute atomic E-state index is 13.2. The lowest BCUT2D eigenvalue weighted by Gasteiger charge is -2.19. The van der Waals surface area contributed by atoms with Gasteiger partial charge in [-0.25, -0.2) is 13.8 Å². The van der Waals surface area contributed by atoms with E-state index < -0.39 is 11.6 Å². The molecule has 0 aliphatic carbocycles. The van der Waals surface area contributed by atoms with Gasteiger partial charge in [-0.1, -0.05) is 20.8 Å². The molecule has 0 fully saturated rings. The molecular formula is C16H16ClF2NO. The van der Waals surface area contributed by atoms with E-state index in [2.05, 4.69) is 4.98 Å². The zero-order chi connectivity index (χ0) is 15.6. The van der Waals surface area contributed by atoms with Gasteiger partial charge >= 0.3 is 0 Å². The highest BCUT2D eigenvalue weighted by Gasteiger charge is 2.18. The van der Waals surface area contributed by atoms with Crippen LogP contribution in [0, 0.1) is 11.6 Å². The number of alkyl halides is 1. The molecule has 0 bridgehead atoms. The molecule has 1 aromatic heterocycles. The second kappa shape index (κ2) is 5.98. The van der Waals surface area contributed by atoms with Gasteiger partial charge in [0.05, 0.1) is 5.69 Å². The van der Waals surface area contributed by atoms with Crippen LogP contribution in [-0.4, -0.2) is 4.98 Å². The summed E-state index contributed by atoms with van der Waals surface area (Å²) >= 11 is 5.87. The number of benzene rings is 1. The number of halogens is 3. The van der Waals surface area contributed by atoms with Gasteiger partial charge in [-0.05, 0) is 11.6 Å². The van der Waals surface area contributed by atoms with Gasteiger partial charge < -0.3 is 4.74 Å². The van der Waals surface area contributed by atoms with Crippen molar-refractivity contribution in [2.24, 2.45) is 0 Å². The molecule has 0 aliphatic heterocycles. The van der Waals surface area contributed by atoms with Gasteiger partial charge in [0.2, 0.25) is 5.88 Å². The summed E-state index contributed by atoms with van der Waals surface area (Å²) in [7, 11) is 0. The molecule has 0 saturated carbocycles. The van der Waals surface area contributed by atoms with Crippen molar-refractivity contribution in [2.75, 3.05) is 0 Å². The molecule has 1 heterocycles. The molecule has 0 radical (unpaired) electrons. The summed E-state index contributed by atoms with van der Waals surface area (Å²) < 4.78 is 31.8. The largest absolute Gasteiger partial charge is 0.439 e. The van der Waals surface area contributed by atoms with Crippen molar-refractivity contribution in [3.05, 3.63) is 53.2 Å². The smallest absolute Gasteiger partial charge is 0.219 e. The molecule has 2 aromatic rings. The van der Waals surface area contributed by atoms with Gasteiger partial charge in [0.15, 0.2) is 0 Å². The van der Waals surface area contributed by atoms with Crippen molar-refractivity contribution in [1.82, 2.24) is 4.98 Å². The Labute approximate surface area is 127 Å². The first-order valence-electron chi connectivity index (χ1n) is 6.49. The van der Waals surface area contributed by atoms with E-state index in [0.717, 1.165) is 29.5 Å². The molecule has 0 spiro atoms. The predicted octanol–water partition coefficient (Wildman–Crippen LogP) is 5.19. The van der Waals surface area contributed by atoms with Crippen LogP contribution in [0.25, 0.3) is 0 Å². The van der Waals surface area contributed by atoms with Gasteiger partial charge in [-0.3, -0.25) is 0 Å². The number of hydrogen-bond acceptors (Lipinski definition) is 2. The van der Waals surface area contributed by atoms with E-state index in [1.54, 1.807) is 6.07 Å². The number of ether oxygens (including phenoxy) is 1. The topological polar surface area (TPSA) is 22.1 Å². The van der Waals surface area contributed by atoms with Crippen molar-refractivity contribution >= 4 is 11.6 Å². The third-order valence-electron chi connectivity index (χ3n) is 2.84. The molecule has 1 aromatic carbocycles. The van der Waals surface area contributed by atoms with E-state index in [0.29, 0.717) is 5.88 Å². The molecule has 112 valence electrons. The van der Waals surface area contributed by atoms with Gasteiger partial charge in [-0.15, -0.1) is 11.6 Å². The molecule has 0 aliphatic rings. The summed E-state index contributed by atoms with van der Waals surface area (Å²) in [5.41, 5.74) is 1.45. The van der Waals surface area contributed by atoms with E-state index in [1.165, 1.54) is 0 Å². The second-order valence-electron chi connectivity index (χ2n) is 5.79. The van der Waals surface area contributed by atoms with Crippen molar-refractivity contribution < 1.29 is 13.5 Å². The molecule has 0 saturated heterocycles. The van der Waals surface area contributed by atoms with Crippen molar-refractivity contribution in [3.63, 3.8) is 0 Å². The van der Waals surface area contributed by atoms with Gasteiger partial charge in [0, 0.05) is 35.6 Å². The fourth-order valence-corrected chi connectivity index (χ4v) is 1.94. The van der Waals surface area contributed by atoms with Crippen molar-refractivity contribution in [1.29, 1.82) is 0 Å². The zero-order valence-electron chi connectivity index (χ0n) is 12.1. The van der Waals surface area contributed by atoms with E-state index in [1.807, 2.05) is 26.8 Å². The number of nitrogens with zero attached hydrogens (tertiary/aromatic N) is 1. The Morgan fingerprint density at radius 1 is 1.05 bits per heavy atom. The molecule has 0 atom stereocenters. The highest BCUT2D eigenvalue weighted by molar-refractivity contribution is 6.17. The van der Waals surface area contributed by atoms with Crippen LogP contribution in [0.5, 0.6) is 11.6 Å². The first kappa shape index (κ1) is 15.7. The maximum Gasteiger partial charge on any atom is 0.219 e. The number of hydrogen-bond donors (Lipinski definition) is 0. The maximum atomic E-state index is 13.2. The van der Waals surface area contributed by atoms with Crippen LogP contribution in [0.3, 0.4) is 0 Å². The Morgan fingerprint density at radius 2 is 1.67 bits per heavy atom. The first-order chi connectivity index (χ1) is 9.77. The lowest BCUT2D eigenvalue weighted by Crippen LogP contribution is -2.14. The average molecular weight is 312 g/mol. The lowest BCUT2D eigenvalue weighted by molar-refractivity contribution is 0.441. The average Bonchev–Trinajstić information content (AvgIpc) is 2.36. The highest BCUT2D eigenvalue weighted by Crippen LogP contribution is 2.28. The number of pyridine rings is 1. The Hall–Kier alpha value is -1.68. The number of aromatic nitrogens is 1. The summed E-state index contributed by atoms with van der Waals surface area (Å²) in [4.78, 5) is 4.38. The third kappa shape index (κ3) is 4.14. The molecule has 2 nitrogen and oxygen atoms in total. The third-order valence-corrected chi connectivity index (χ3v) is 3.15. The van der Waals surface area contributed by atoms with Crippen LogP contribution in [0.2, 0.25) is 0 Å². The van der Waals surface area contributed by atoms with Crippen LogP contribution < -0.4 is 4.74 Å². The van der Waals surface area contributed by atoms with Gasteiger partial charge in [0.1, 0.15) is 17.4 Å². The quantitative estimate of drug-likeness (QED) is 0.728. The SMILES string of the molecule is CC(C)(C)c1cc(CCl)cc(Oc2cc(F)cc(F)c2)n1. The van der Waals surface area contributed by atoms with Crippen LogP contribution in [0.4, 0.5) is 8.78 Å². The molecule has 0 amide bonds. The highest BCUT2D eigenvalue weighted by atomic mass is 35.5. The molecular weight excluding hydrogens is 296 g/mol. The van der Waals surface area contributed by atoms with Gasteiger partial charge in [-0.2, -0.15) is 0 Å². The Balaban J connectivity index is 2.39. The van der Waals surface area contributed by atoms with Gasteiger partial charge in [0.25, 0.3) is 0 Å². The van der Waals surface area contributed by atoms with Crippen LogP contribution in [0.1, 0.15) is 32.0 Å². The van der Waals surface area contributed by atoms with Crippen LogP contribution in [0.15, 0.2) is 30.3 Å². The minimum atomic E-state index is -0.699. The Bertz CT molecular complexity index is 633. The zero-order valence-corrected chi connectivity index (χ0v) is 12.8. The summed E-state index contributed by atoms with van der Waals surface area (Å²) in [6.45, 7) is 6.04. The minimum absolute atomic E-state index is 0.0616. The molecule has 0 N–H and O–H groups in total. The summed E-state index contributed by atoms with van der Waals surface area (Å²) in [6.07, 6.45) is 0. The number of rotatable bonds is 3. The van der Waals surface area contributed by atoms with Crippen molar-refractivity contribution in [3.8, 4) is 11.6 Å². The second-order valence-corrected chi connectivity index (χ2v) is 6.06. The summed E-state index contributed by atoms with van der Waals surface area (Å²) in [6, 6.07) is 6.55.